The largest absolute Gasteiger partial charge is 0.370 e. The maximum absolute atomic E-state index is 11.8. The summed E-state index contributed by atoms with van der Waals surface area (Å²) in [6.45, 7) is 5.18. The maximum atomic E-state index is 11.8. The van der Waals surface area contributed by atoms with E-state index in [2.05, 4.69) is 29.5 Å². The molecule has 0 spiro atoms. The van der Waals surface area contributed by atoms with E-state index in [9.17, 15) is 4.79 Å². The van der Waals surface area contributed by atoms with E-state index < -0.39 is 0 Å². The fourth-order valence-electron chi connectivity index (χ4n) is 1.66. The normalized spacial score (nSPS) is 10.6. The first-order valence-electron chi connectivity index (χ1n) is 6.65. The second-order valence-electron chi connectivity index (χ2n) is 5.01. The smallest absolute Gasteiger partial charge is 0.229 e. The third kappa shape index (κ3) is 4.66. The summed E-state index contributed by atoms with van der Waals surface area (Å²) in [6, 6.07) is 7.65. The molecule has 0 fully saturated rings. The minimum Gasteiger partial charge on any atom is -0.370 e. The molecule has 0 unspecified atom stereocenters. The Balaban J connectivity index is 1.85. The molecule has 2 rings (SSSR count). The van der Waals surface area contributed by atoms with Crippen molar-refractivity contribution in [3.63, 3.8) is 0 Å². The van der Waals surface area contributed by atoms with E-state index >= 15 is 0 Å². The Labute approximate surface area is 123 Å². The molecule has 20 heavy (non-hydrogen) atoms. The minimum atomic E-state index is -0.0165. The predicted octanol–water partition coefficient (Wildman–Crippen LogP) is 3.39. The summed E-state index contributed by atoms with van der Waals surface area (Å²) in [4.78, 5) is 17.2. The standard InChI is InChI=1S/C15H19N3OS/c1-11(2)9-16-14-6-5-12(10-17-14)18-15(19)8-13-4-3-7-20-13/h3-7,10-11H,8-9H2,1-2H3,(H,16,17)(H,18,19). The number of hydrogen-bond acceptors (Lipinski definition) is 4. The second-order valence-corrected chi connectivity index (χ2v) is 6.04. The summed E-state index contributed by atoms with van der Waals surface area (Å²) in [5, 5.41) is 8.06. The highest BCUT2D eigenvalue weighted by Crippen LogP contribution is 2.13. The van der Waals surface area contributed by atoms with Crippen LogP contribution in [0, 0.1) is 5.92 Å². The average Bonchev–Trinajstić information content (AvgIpc) is 2.90. The maximum Gasteiger partial charge on any atom is 0.229 e. The molecular formula is C15H19N3OS. The van der Waals surface area contributed by atoms with E-state index in [0.717, 1.165) is 22.9 Å². The molecule has 0 bridgehead atoms. The first-order chi connectivity index (χ1) is 9.63. The van der Waals surface area contributed by atoms with E-state index in [4.69, 9.17) is 0 Å². The molecule has 2 heterocycles. The van der Waals surface area contributed by atoms with Gasteiger partial charge in [0.1, 0.15) is 5.82 Å². The molecule has 0 aromatic carbocycles. The molecule has 0 aliphatic rings. The lowest BCUT2D eigenvalue weighted by Gasteiger charge is -2.09. The zero-order valence-electron chi connectivity index (χ0n) is 11.7. The van der Waals surface area contributed by atoms with Crippen molar-refractivity contribution < 1.29 is 4.79 Å². The molecule has 0 saturated carbocycles. The first kappa shape index (κ1) is 14.5. The van der Waals surface area contributed by atoms with Gasteiger partial charge < -0.3 is 10.6 Å². The van der Waals surface area contributed by atoms with Gasteiger partial charge in [0.05, 0.1) is 18.3 Å². The number of carbonyl (C=O) groups excluding carboxylic acids is 1. The number of nitrogens with one attached hydrogen (secondary N) is 2. The average molecular weight is 289 g/mol. The number of thiophene rings is 1. The molecule has 2 aromatic heterocycles. The minimum absolute atomic E-state index is 0.0165. The lowest BCUT2D eigenvalue weighted by atomic mass is 10.2. The van der Waals surface area contributed by atoms with Crippen molar-refractivity contribution >= 4 is 28.7 Å². The van der Waals surface area contributed by atoms with E-state index in [1.165, 1.54) is 0 Å². The number of anilines is 2. The third-order valence-electron chi connectivity index (χ3n) is 2.65. The highest BCUT2D eigenvalue weighted by atomic mass is 32.1. The predicted molar refractivity (Wildman–Crippen MR) is 84.2 cm³/mol. The molecule has 2 aromatic rings. The van der Waals surface area contributed by atoms with Gasteiger partial charge in [-0.1, -0.05) is 19.9 Å². The van der Waals surface area contributed by atoms with Crippen LogP contribution in [0.4, 0.5) is 11.5 Å². The fraction of sp³-hybridized carbons (Fsp3) is 0.333. The van der Waals surface area contributed by atoms with Crippen LogP contribution >= 0.6 is 11.3 Å². The van der Waals surface area contributed by atoms with Crippen molar-refractivity contribution in [1.29, 1.82) is 0 Å². The zero-order valence-corrected chi connectivity index (χ0v) is 12.5. The van der Waals surface area contributed by atoms with Crippen LogP contribution in [-0.2, 0) is 11.2 Å². The van der Waals surface area contributed by atoms with Crippen LogP contribution in [0.1, 0.15) is 18.7 Å². The molecule has 0 saturated heterocycles. The lowest BCUT2D eigenvalue weighted by Crippen LogP contribution is -2.14. The van der Waals surface area contributed by atoms with Crippen molar-refractivity contribution in [3.8, 4) is 0 Å². The number of rotatable bonds is 6. The van der Waals surface area contributed by atoms with Crippen LogP contribution in [-0.4, -0.2) is 17.4 Å². The van der Waals surface area contributed by atoms with Crippen LogP contribution in [0.3, 0.4) is 0 Å². The Morgan fingerprint density at radius 3 is 2.80 bits per heavy atom. The Morgan fingerprint density at radius 2 is 2.20 bits per heavy atom. The van der Waals surface area contributed by atoms with Gasteiger partial charge >= 0.3 is 0 Å². The first-order valence-corrected chi connectivity index (χ1v) is 7.53. The van der Waals surface area contributed by atoms with Crippen LogP contribution in [0.25, 0.3) is 0 Å². The van der Waals surface area contributed by atoms with E-state index in [0.29, 0.717) is 12.3 Å². The topological polar surface area (TPSA) is 54.0 Å². The number of aromatic nitrogens is 1. The van der Waals surface area contributed by atoms with Crippen LogP contribution in [0.5, 0.6) is 0 Å². The molecule has 0 atom stereocenters. The summed E-state index contributed by atoms with van der Waals surface area (Å²) in [5.41, 5.74) is 0.724. The van der Waals surface area contributed by atoms with Gasteiger partial charge in [-0.25, -0.2) is 4.98 Å². The van der Waals surface area contributed by atoms with E-state index in [-0.39, 0.29) is 5.91 Å². The lowest BCUT2D eigenvalue weighted by molar-refractivity contribution is -0.115. The Morgan fingerprint density at radius 1 is 1.35 bits per heavy atom. The molecule has 2 N–H and O–H groups in total. The number of pyridine rings is 1. The van der Waals surface area contributed by atoms with E-state index in [1.807, 2.05) is 29.6 Å². The van der Waals surface area contributed by atoms with Crippen molar-refractivity contribution in [1.82, 2.24) is 4.98 Å². The summed E-state index contributed by atoms with van der Waals surface area (Å²) < 4.78 is 0. The van der Waals surface area contributed by atoms with Crippen LogP contribution in [0.2, 0.25) is 0 Å². The monoisotopic (exact) mass is 289 g/mol. The van der Waals surface area contributed by atoms with Gasteiger partial charge in [0.2, 0.25) is 5.91 Å². The zero-order chi connectivity index (χ0) is 14.4. The number of amides is 1. The van der Waals surface area contributed by atoms with Gasteiger partial charge in [-0.15, -0.1) is 11.3 Å². The van der Waals surface area contributed by atoms with Gasteiger partial charge in [-0.2, -0.15) is 0 Å². The van der Waals surface area contributed by atoms with Crippen molar-refractivity contribution in [3.05, 3.63) is 40.7 Å². The molecule has 0 aliphatic carbocycles. The molecular weight excluding hydrogens is 270 g/mol. The Hall–Kier alpha value is -1.88. The highest BCUT2D eigenvalue weighted by molar-refractivity contribution is 7.10. The highest BCUT2D eigenvalue weighted by Gasteiger charge is 2.05. The molecule has 0 radical (unpaired) electrons. The van der Waals surface area contributed by atoms with E-state index in [1.54, 1.807) is 17.5 Å². The third-order valence-corrected chi connectivity index (χ3v) is 3.53. The Kier molecular flexibility index (Phi) is 5.12. The summed E-state index contributed by atoms with van der Waals surface area (Å²) in [5.74, 6) is 1.38. The second kappa shape index (κ2) is 7.05. The molecule has 1 amide bonds. The molecule has 4 nitrogen and oxygen atoms in total. The van der Waals surface area contributed by atoms with Gasteiger partial charge in [0.25, 0.3) is 0 Å². The van der Waals surface area contributed by atoms with Gasteiger partial charge in [0.15, 0.2) is 0 Å². The van der Waals surface area contributed by atoms with Gasteiger partial charge in [-0.3, -0.25) is 4.79 Å². The number of hydrogen-bond donors (Lipinski definition) is 2. The van der Waals surface area contributed by atoms with Crippen LogP contribution in [0.15, 0.2) is 35.8 Å². The summed E-state index contributed by atoms with van der Waals surface area (Å²) >= 11 is 1.59. The van der Waals surface area contributed by atoms with Gasteiger partial charge in [-0.05, 0) is 29.5 Å². The fourth-order valence-corrected chi connectivity index (χ4v) is 2.36. The van der Waals surface area contributed by atoms with Crippen molar-refractivity contribution in [2.75, 3.05) is 17.2 Å². The molecule has 106 valence electrons. The van der Waals surface area contributed by atoms with Crippen LogP contribution < -0.4 is 10.6 Å². The summed E-state index contributed by atoms with van der Waals surface area (Å²) in [6.07, 6.45) is 2.08. The number of carbonyl (C=O) groups is 1. The quantitative estimate of drug-likeness (QED) is 0.857. The van der Waals surface area contributed by atoms with Crippen molar-refractivity contribution in [2.45, 2.75) is 20.3 Å². The van der Waals surface area contributed by atoms with Crippen molar-refractivity contribution in [2.24, 2.45) is 5.92 Å². The molecule has 0 aliphatic heterocycles. The molecule has 5 heteroatoms. The number of nitrogens with zero attached hydrogens (tertiary/aromatic N) is 1. The Bertz CT molecular complexity index is 535. The van der Waals surface area contributed by atoms with Gasteiger partial charge in [0, 0.05) is 11.4 Å². The summed E-state index contributed by atoms with van der Waals surface area (Å²) in [7, 11) is 0. The SMILES string of the molecule is CC(C)CNc1ccc(NC(=O)Cc2cccs2)cn1.